The predicted molar refractivity (Wildman–Crippen MR) is 111 cm³/mol. The van der Waals surface area contributed by atoms with Crippen molar-refractivity contribution in [1.29, 1.82) is 0 Å². The van der Waals surface area contributed by atoms with Crippen molar-refractivity contribution in [3.05, 3.63) is 21.9 Å². The van der Waals surface area contributed by atoms with Crippen LogP contribution in [0.25, 0.3) is 0 Å². The van der Waals surface area contributed by atoms with E-state index in [1.807, 2.05) is 11.3 Å². The summed E-state index contributed by atoms with van der Waals surface area (Å²) in [6, 6.07) is 4.74. The second-order valence-corrected chi connectivity index (χ2v) is 8.80. The van der Waals surface area contributed by atoms with Crippen molar-refractivity contribution >= 4 is 29.2 Å². The lowest BCUT2D eigenvalue weighted by atomic mass is 10.1. The molecule has 2 atom stereocenters. The number of likely N-dealkylation sites (N-methyl/N-ethyl adjacent to an activating group) is 1. The molecule has 9 nitrogen and oxygen atoms in total. The maximum Gasteiger partial charge on any atom is 0.490 e. The minimum absolute atomic E-state index is 0.0861. The number of carbonyl (C=O) groups excluding carboxylic acids is 1. The summed E-state index contributed by atoms with van der Waals surface area (Å²) in [7, 11) is 1.69. The van der Waals surface area contributed by atoms with E-state index < -0.39 is 24.3 Å². The molecule has 1 amide bonds. The SMILES string of the molecule is CNC(=O)CN1CCO[C@H]2CN(Cc3ccc(C)s3)C[C@H]21.O=C(O)C(F)(F)F.O=C(O)C(F)(F)F. The zero-order chi connectivity index (χ0) is 27.0. The van der Waals surface area contributed by atoms with Gasteiger partial charge in [0.25, 0.3) is 0 Å². The van der Waals surface area contributed by atoms with Gasteiger partial charge >= 0.3 is 24.3 Å². The Morgan fingerprint density at radius 1 is 1.09 bits per heavy atom. The van der Waals surface area contributed by atoms with Crippen molar-refractivity contribution in [2.24, 2.45) is 0 Å². The second-order valence-electron chi connectivity index (χ2n) is 7.43. The fourth-order valence-corrected chi connectivity index (χ4v) is 4.15. The number of alkyl halides is 6. The summed E-state index contributed by atoms with van der Waals surface area (Å²) in [6.45, 7) is 7.14. The summed E-state index contributed by atoms with van der Waals surface area (Å²) in [5, 5.41) is 17.0. The van der Waals surface area contributed by atoms with Crippen LogP contribution in [-0.4, -0.2) is 102 Å². The van der Waals surface area contributed by atoms with Crippen LogP contribution < -0.4 is 5.32 Å². The first-order valence-corrected chi connectivity index (χ1v) is 10.8. The number of carboxylic acids is 2. The normalized spacial score (nSPS) is 20.6. The number of amides is 1. The molecule has 1 aromatic rings. The first-order chi connectivity index (χ1) is 16.0. The van der Waals surface area contributed by atoms with Gasteiger partial charge in [0.15, 0.2) is 0 Å². The zero-order valence-corrected chi connectivity index (χ0v) is 19.5. The van der Waals surface area contributed by atoms with Crippen LogP contribution in [0.1, 0.15) is 9.75 Å². The number of nitrogens with zero attached hydrogens (tertiary/aromatic N) is 2. The Kier molecular flexibility index (Phi) is 11.4. The highest BCUT2D eigenvalue weighted by Gasteiger charge is 2.41. The highest BCUT2D eigenvalue weighted by atomic mass is 32.1. The highest BCUT2D eigenvalue weighted by molar-refractivity contribution is 7.11. The van der Waals surface area contributed by atoms with Crippen molar-refractivity contribution in [2.75, 3.05) is 39.8 Å². The number of carbonyl (C=O) groups is 3. The third kappa shape index (κ3) is 10.8. The maximum absolute atomic E-state index is 11.6. The van der Waals surface area contributed by atoms with E-state index in [-0.39, 0.29) is 12.0 Å². The van der Waals surface area contributed by atoms with E-state index in [1.54, 1.807) is 7.05 Å². The Hall–Kier alpha value is -2.43. The monoisotopic (exact) mass is 537 g/mol. The Morgan fingerprint density at radius 3 is 2.06 bits per heavy atom. The van der Waals surface area contributed by atoms with Gasteiger partial charge in [-0.1, -0.05) is 0 Å². The van der Waals surface area contributed by atoms with Gasteiger partial charge in [0, 0.05) is 43.0 Å². The van der Waals surface area contributed by atoms with E-state index in [9.17, 15) is 31.1 Å². The summed E-state index contributed by atoms with van der Waals surface area (Å²) in [4.78, 5) is 36.9. The average Bonchev–Trinajstić information content (AvgIpc) is 3.33. The number of ether oxygens (including phenoxy) is 1. The van der Waals surface area contributed by atoms with Crippen molar-refractivity contribution in [2.45, 2.75) is 38.0 Å². The summed E-state index contributed by atoms with van der Waals surface area (Å²) in [5.41, 5.74) is 0. The van der Waals surface area contributed by atoms with Gasteiger partial charge in [-0.15, -0.1) is 11.3 Å². The number of aliphatic carboxylic acids is 2. The molecule has 0 unspecified atom stereocenters. The molecule has 200 valence electrons. The molecule has 1 aromatic heterocycles. The largest absolute Gasteiger partial charge is 0.490 e. The minimum Gasteiger partial charge on any atom is -0.475 e. The standard InChI is InChI=1S/C15H23N3O2S.2C2HF3O2/c1-11-3-4-12(21-11)7-17-8-13-14(9-17)20-6-5-18(13)10-15(19)16-2;2*3-2(4,5)1(6)7/h3-4,13-14H,5-10H2,1-2H3,(H,16,19);2*(H,6,7)/t13-,14+;;/m1../s1. The van der Waals surface area contributed by atoms with Crippen molar-refractivity contribution < 1.29 is 55.7 Å². The van der Waals surface area contributed by atoms with E-state index >= 15 is 0 Å². The molecule has 0 saturated carbocycles. The number of morpholine rings is 1. The first-order valence-electron chi connectivity index (χ1n) is 9.98. The number of fused-ring (bicyclic) bond motifs is 1. The van der Waals surface area contributed by atoms with Gasteiger partial charge in [-0.05, 0) is 19.1 Å². The van der Waals surface area contributed by atoms with Crippen LogP contribution in [-0.2, 0) is 25.7 Å². The van der Waals surface area contributed by atoms with Crippen LogP contribution >= 0.6 is 11.3 Å². The van der Waals surface area contributed by atoms with Gasteiger partial charge in [0.2, 0.25) is 5.91 Å². The molecule has 0 aliphatic carbocycles. The lowest BCUT2D eigenvalue weighted by Crippen LogP contribution is -2.53. The summed E-state index contributed by atoms with van der Waals surface area (Å²) in [6.07, 6.45) is -9.93. The van der Waals surface area contributed by atoms with Gasteiger partial charge in [0.05, 0.1) is 25.3 Å². The second kappa shape index (κ2) is 13.0. The lowest BCUT2D eigenvalue weighted by molar-refractivity contribution is -0.193. The van der Waals surface area contributed by atoms with Gasteiger partial charge in [0.1, 0.15) is 0 Å². The molecule has 2 saturated heterocycles. The van der Waals surface area contributed by atoms with E-state index in [1.165, 1.54) is 9.75 Å². The fourth-order valence-electron chi connectivity index (χ4n) is 3.21. The van der Waals surface area contributed by atoms with Gasteiger partial charge in [-0.2, -0.15) is 26.3 Å². The van der Waals surface area contributed by atoms with E-state index in [2.05, 4.69) is 34.2 Å². The Labute approximate surface area is 200 Å². The number of carboxylic acid groups (broad SMARTS) is 2. The quantitative estimate of drug-likeness (QED) is 0.499. The summed E-state index contributed by atoms with van der Waals surface area (Å²) in [5.74, 6) is -5.43. The van der Waals surface area contributed by atoms with Crippen molar-refractivity contribution in [1.82, 2.24) is 15.1 Å². The van der Waals surface area contributed by atoms with Crippen molar-refractivity contribution in [3.63, 3.8) is 0 Å². The fraction of sp³-hybridized carbons (Fsp3) is 0.632. The minimum atomic E-state index is -5.08. The van der Waals surface area contributed by atoms with Crippen LogP contribution in [0.2, 0.25) is 0 Å². The number of thiophene rings is 1. The smallest absolute Gasteiger partial charge is 0.475 e. The van der Waals surface area contributed by atoms with Crippen molar-refractivity contribution in [3.8, 4) is 0 Å². The molecule has 3 N–H and O–H groups in total. The first kappa shape index (κ1) is 30.6. The van der Waals surface area contributed by atoms with Crippen LogP contribution in [0.15, 0.2) is 12.1 Å². The molecule has 0 radical (unpaired) electrons. The Balaban J connectivity index is 0.000000362. The number of hydrogen-bond acceptors (Lipinski definition) is 7. The van der Waals surface area contributed by atoms with Gasteiger partial charge < -0.3 is 20.3 Å². The summed E-state index contributed by atoms with van der Waals surface area (Å²) < 4.78 is 69.4. The number of likely N-dealkylation sites (tertiary alicyclic amines) is 1. The van der Waals surface area contributed by atoms with Gasteiger partial charge in [-0.25, -0.2) is 9.59 Å². The highest BCUT2D eigenvalue weighted by Crippen LogP contribution is 2.26. The number of hydrogen-bond donors (Lipinski definition) is 3. The third-order valence-electron chi connectivity index (χ3n) is 4.78. The number of halogens is 6. The Bertz CT molecular complexity index is 839. The zero-order valence-electron chi connectivity index (χ0n) is 18.6. The predicted octanol–water partition coefficient (Wildman–Crippen LogP) is 1.95. The molecule has 2 aliphatic rings. The maximum atomic E-state index is 11.6. The molecule has 3 rings (SSSR count). The molecule has 2 fully saturated rings. The third-order valence-corrected chi connectivity index (χ3v) is 5.76. The molecule has 16 heteroatoms. The molecule has 2 aliphatic heterocycles. The number of aryl methyl sites for hydroxylation is 1. The summed E-state index contributed by atoms with van der Waals surface area (Å²) >= 11 is 1.86. The number of rotatable bonds is 4. The topological polar surface area (TPSA) is 119 Å². The average molecular weight is 537 g/mol. The van der Waals surface area contributed by atoms with Crippen LogP contribution in [0.4, 0.5) is 26.3 Å². The number of nitrogens with one attached hydrogen (secondary N) is 1. The van der Waals surface area contributed by atoms with E-state index in [4.69, 9.17) is 24.5 Å². The molecule has 0 bridgehead atoms. The van der Waals surface area contributed by atoms with Gasteiger partial charge in [-0.3, -0.25) is 14.6 Å². The Morgan fingerprint density at radius 2 is 1.63 bits per heavy atom. The van der Waals surface area contributed by atoms with E-state index in [0.29, 0.717) is 12.6 Å². The molecule has 0 spiro atoms. The van der Waals surface area contributed by atoms with E-state index in [0.717, 1.165) is 32.8 Å². The molecular weight excluding hydrogens is 512 g/mol. The van der Waals surface area contributed by atoms with Crippen LogP contribution in [0.5, 0.6) is 0 Å². The van der Waals surface area contributed by atoms with Crippen LogP contribution in [0, 0.1) is 6.92 Å². The molecule has 35 heavy (non-hydrogen) atoms. The van der Waals surface area contributed by atoms with Crippen LogP contribution in [0.3, 0.4) is 0 Å². The lowest BCUT2D eigenvalue weighted by Gasteiger charge is -2.36. The molecule has 0 aromatic carbocycles. The molecule has 3 heterocycles. The molecular formula is C19H25F6N3O6S.